The zero-order valence-electron chi connectivity index (χ0n) is 55.2. The van der Waals surface area contributed by atoms with Crippen LogP contribution >= 0.6 is 15.6 Å². The molecular formula is C66H128O17P2. The van der Waals surface area contributed by atoms with Gasteiger partial charge in [0, 0.05) is 25.7 Å². The highest BCUT2D eigenvalue weighted by Crippen LogP contribution is 2.45. The number of rotatable bonds is 63. The van der Waals surface area contributed by atoms with Crippen LogP contribution < -0.4 is 0 Å². The van der Waals surface area contributed by atoms with Crippen LogP contribution in [0.15, 0.2) is 0 Å². The average Bonchev–Trinajstić information content (AvgIpc) is 3.55. The Morgan fingerprint density at radius 2 is 0.565 bits per heavy atom. The first-order chi connectivity index (χ1) is 40.7. The second-order valence-corrected chi connectivity index (χ2v) is 28.0. The molecule has 17 nitrogen and oxygen atoms in total. The molecule has 0 spiro atoms. The number of unbranched alkanes of at least 4 members (excludes halogenated alkanes) is 26. The first-order valence-corrected chi connectivity index (χ1v) is 37.3. The zero-order chi connectivity index (χ0) is 63.2. The molecule has 0 aromatic heterocycles. The summed E-state index contributed by atoms with van der Waals surface area (Å²) in [6, 6.07) is 0. The van der Waals surface area contributed by atoms with E-state index in [0.717, 1.165) is 120 Å². The topological polar surface area (TPSA) is 237 Å². The summed E-state index contributed by atoms with van der Waals surface area (Å²) in [5.74, 6) is 0.842. The average molecular weight is 1260 g/mol. The van der Waals surface area contributed by atoms with Crippen LogP contribution in [0.4, 0.5) is 0 Å². The van der Waals surface area contributed by atoms with Crippen LogP contribution in [0.5, 0.6) is 0 Å². The number of phosphoric ester groups is 2. The van der Waals surface area contributed by atoms with Gasteiger partial charge in [-0.05, 0) is 49.4 Å². The Bertz CT molecular complexity index is 1700. The lowest BCUT2D eigenvalue weighted by atomic mass is 9.99. The van der Waals surface area contributed by atoms with E-state index in [1.165, 1.54) is 116 Å². The number of carbonyl (C=O) groups excluding carboxylic acids is 4. The maximum Gasteiger partial charge on any atom is 0.472 e. The number of phosphoric acid groups is 2. The minimum atomic E-state index is -4.95. The van der Waals surface area contributed by atoms with E-state index in [0.29, 0.717) is 25.7 Å². The molecule has 85 heavy (non-hydrogen) atoms. The minimum absolute atomic E-state index is 0.102. The fraction of sp³-hybridized carbons (Fsp3) is 0.939. The molecule has 0 heterocycles. The molecule has 0 aliphatic rings. The first-order valence-electron chi connectivity index (χ1n) is 34.3. The van der Waals surface area contributed by atoms with Gasteiger partial charge in [-0.1, -0.05) is 267 Å². The van der Waals surface area contributed by atoms with Gasteiger partial charge in [0.25, 0.3) is 0 Å². The number of aliphatic hydroxyl groups is 1. The number of carbonyl (C=O) groups is 4. The van der Waals surface area contributed by atoms with Gasteiger partial charge >= 0.3 is 39.5 Å². The standard InChI is InChI=1S/C66H128O17P2/c1-9-57(6)43-35-27-19-16-17-20-30-38-46-63(68)76-52-62(83-66(71)49-41-33-25-23-29-37-45-59(8)11-3)55-81-85(74,75)79-51-60(67)50-78-84(72,73)80-54-61(53-77-64(69)47-39-31-24-22-28-36-44-58(7)10-2)82-65(70)48-40-32-21-15-13-12-14-18-26-34-42-56(4)5/h56-62,67H,9-55H2,1-8H3,(H,72,73)(H,74,75)/t57?,58?,59?,60-,61+,62+/m0/s1. The third kappa shape index (κ3) is 57.0. The van der Waals surface area contributed by atoms with E-state index in [2.05, 4.69) is 55.4 Å². The van der Waals surface area contributed by atoms with Crippen molar-refractivity contribution < 1.29 is 80.2 Å². The number of hydrogen-bond donors (Lipinski definition) is 3. The highest BCUT2D eigenvalue weighted by molar-refractivity contribution is 7.47. The number of ether oxygens (including phenoxy) is 4. The molecule has 19 heteroatoms. The molecule has 3 N–H and O–H groups in total. The monoisotopic (exact) mass is 1250 g/mol. The van der Waals surface area contributed by atoms with Crippen LogP contribution in [0.2, 0.25) is 0 Å². The summed E-state index contributed by atoms with van der Waals surface area (Å²) in [6.45, 7) is 14.0. The normalized spacial score (nSPS) is 15.3. The zero-order valence-corrected chi connectivity index (χ0v) is 57.0. The molecule has 5 unspecified atom stereocenters. The van der Waals surface area contributed by atoms with Gasteiger partial charge in [-0.2, -0.15) is 0 Å². The second-order valence-electron chi connectivity index (χ2n) is 25.1. The minimum Gasteiger partial charge on any atom is -0.462 e. The van der Waals surface area contributed by atoms with E-state index >= 15 is 0 Å². The van der Waals surface area contributed by atoms with Crippen molar-refractivity contribution in [3.05, 3.63) is 0 Å². The van der Waals surface area contributed by atoms with Crippen molar-refractivity contribution in [3.63, 3.8) is 0 Å². The molecule has 8 atom stereocenters. The smallest absolute Gasteiger partial charge is 0.462 e. The van der Waals surface area contributed by atoms with E-state index in [1.807, 2.05) is 0 Å². The third-order valence-electron chi connectivity index (χ3n) is 16.2. The van der Waals surface area contributed by atoms with Crippen molar-refractivity contribution in [3.8, 4) is 0 Å². The molecule has 0 saturated carbocycles. The molecule has 504 valence electrons. The van der Waals surface area contributed by atoms with Crippen LogP contribution in [0, 0.1) is 23.7 Å². The number of hydrogen-bond acceptors (Lipinski definition) is 15. The first kappa shape index (κ1) is 83.1. The van der Waals surface area contributed by atoms with Crippen molar-refractivity contribution in [1.29, 1.82) is 0 Å². The Hall–Kier alpha value is -1.94. The van der Waals surface area contributed by atoms with Crippen LogP contribution in [0.1, 0.15) is 319 Å². The molecule has 0 amide bonds. The Balaban J connectivity index is 5.27. The summed E-state index contributed by atoms with van der Waals surface area (Å²) in [4.78, 5) is 72.3. The Morgan fingerprint density at radius 1 is 0.329 bits per heavy atom. The van der Waals surface area contributed by atoms with Gasteiger partial charge in [-0.3, -0.25) is 37.3 Å². The van der Waals surface area contributed by atoms with Gasteiger partial charge in [-0.15, -0.1) is 0 Å². The molecule has 0 saturated heterocycles. The van der Waals surface area contributed by atoms with E-state index in [-0.39, 0.29) is 25.7 Å². The molecule has 0 aromatic rings. The predicted molar refractivity (Wildman–Crippen MR) is 340 cm³/mol. The third-order valence-corrected chi connectivity index (χ3v) is 18.1. The SMILES string of the molecule is CCC(C)CCCCCCCCCCC(=O)OC[C@H](COP(=O)(O)OC[C@@H](O)COP(=O)(O)OC[C@@H](COC(=O)CCCCCCCCC(C)CC)OC(=O)CCCCCCCCCCCCC(C)C)OC(=O)CCCCCCCCC(C)CC. The van der Waals surface area contributed by atoms with Gasteiger partial charge in [0.1, 0.15) is 19.3 Å². The van der Waals surface area contributed by atoms with Gasteiger partial charge in [0.05, 0.1) is 26.4 Å². The highest BCUT2D eigenvalue weighted by atomic mass is 31.2. The van der Waals surface area contributed by atoms with Crippen molar-refractivity contribution >= 4 is 39.5 Å². The van der Waals surface area contributed by atoms with Crippen molar-refractivity contribution in [2.45, 2.75) is 337 Å². The summed E-state index contributed by atoms with van der Waals surface area (Å²) in [7, 11) is -9.90. The van der Waals surface area contributed by atoms with Gasteiger partial charge in [0.2, 0.25) is 0 Å². The molecule has 0 bridgehead atoms. The van der Waals surface area contributed by atoms with Crippen LogP contribution in [0.3, 0.4) is 0 Å². The highest BCUT2D eigenvalue weighted by Gasteiger charge is 2.30. The summed E-state index contributed by atoms with van der Waals surface area (Å²) in [5.41, 5.74) is 0. The van der Waals surface area contributed by atoms with Crippen molar-refractivity contribution in [1.82, 2.24) is 0 Å². The van der Waals surface area contributed by atoms with Gasteiger partial charge in [0.15, 0.2) is 12.2 Å². The van der Waals surface area contributed by atoms with E-state index in [9.17, 15) is 43.2 Å². The molecular weight excluding hydrogens is 1130 g/mol. The summed E-state index contributed by atoms with van der Waals surface area (Å²) in [6.07, 6.45) is 36.2. The lowest BCUT2D eigenvalue weighted by molar-refractivity contribution is -0.161. The summed E-state index contributed by atoms with van der Waals surface area (Å²) >= 11 is 0. The molecule has 0 aromatic carbocycles. The summed E-state index contributed by atoms with van der Waals surface area (Å²) in [5, 5.41) is 10.6. The van der Waals surface area contributed by atoms with Crippen LogP contribution in [-0.2, 0) is 65.4 Å². The number of aliphatic hydroxyl groups excluding tert-OH is 1. The van der Waals surface area contributed by atoms with Crippen LogP contribution in [0.25, 0.3) is 0 Å². The Labute approximate surface area is 517 Å². The lowest BCUT2D eigenvalue weighted by Gasteiger charge is -2.21. The maximum atomic E-state index is 13.0. The Morgan fingerprint density at radius 3 is 0.835 bits per heavy atom. The largest absolute Gasteiger partial charge is 0.472 e. The second kappa shape index (κ2) is 56.1. The quantitative estimate of drug-likeness (QED) is 0.0222. The van der Waals surface area contributed by atoms with E-state index in [1.54, 1.807) is 0 Å². The molecule has 0 fully saturated rings. The maximum absolute atomic E-state index is 13.0. The van der Waals surface area contributed by atoms with Crippen molar-refractivity contribution in [2.24, 2.45) is 23.7 Å². The lowest BCUT2D eigenvalue weighted by Crippen LogP contribution is -2.30. The molecule has 0 aliphatic heterocycles. The van der Waals surface area contributed by atoms with Crippen molar-refractivity contribution in [2.75, 3.05) is 39.6 Å². The Kier molecular flexibility index (Phi) is 54.8. The van der Waals surface area contributed by atoms with Gasteiger partial charge < -0.3 is 33.8 Å². The molecule has 0 radical (unpaired) electrons. The predicted octanol–water partition coefficient (Wildman–Crippen LogP) is 18.1. The molecule has 0 rings (SSSR count). The van der Waals surface area contributed by atoms with E-state index in [4.69, 9.17) is 37.0 Å². The molecule has 0 aliphatic carbocycles. The fourth-order valence-corrected chi connectivity index (χ4v) is 11.3. The fourth-order valence-electron chi connectivity index (χ4n) is 9.69. The summed E-state index contributed by atoms with van der Waals surface area (Å²) < 4.78 is 68.1. The van der Waals surface area contributed by atoms with Crippen LogP contribution in [-0.4, -0.2) is 96.7 Å². The van der Waals surface area contributed by atoms with Gasteiger partial charge in [-0.25, -0.2) is 9.13 Å². The number of esters is 4. The van der Waals surface area contributed by atoms with E-state index < -0.39 is 97.5 Å².